The van der Waals surface area contributed by atoms with Crippen LogP contribution in [0, 0.1) is 5.41 Å². The molecular formula is C9H13NO4. The number of aliphatic carboxylic acids is 2. The van der Waals surface area contributed by atoms with E-state index in [0.29, 0.717) is 0 Å². The first kappa shape index (κ1) is 12.4. The third-order valence-corrected chi connectivity index (χ3v) is 2.08. The number of hydrogen-bond donors (Lipinski definition) is 3. The molecule has 0 heterocycles. The Morgan fingerprint density at radius 1 is 1.43 bits per heavy atom. The van der Waals surface area contributed by atoms with Crippen molar-refractivity contribution in [3.63, 3.8) is 0 Å². The highest BCUT2D eigenvalue weighted by atomic mass is 16.4. The third kappa shape index (κ3) is 2.20. The van der Waals surface area contributed by atoms with E-state index >= 15 is 0 Å². The van der Waals surface area contributed by atoms with Crippen molar-refractivity contribution in [2.24, 2.45) is 5.41 Å². The van der Waals surface area contributed by atoms with Crippen LogP contribution in [0.5, 0.6) is 0 Å². The van der Waals surface area contributed by atoms with Gasteiger partial charge in [0.05, 0.1) is 5.41 Å². The Morgan fingerprint density at radius 2 is 2.00 bits per heavy atom. The molecule has 0 bridgehead atoms. The predicted molar refractivity (Wildman–Crippen MR) is 50.2 cm³/mol. The zero-order valence-electron chi connectivity index (χ0n) is 7.86. The molecule has 5 nitrogen and oxygen atoms in total. The van der Waals surface area contributed by atoms with Gasteiger partial charge in [-0.05, 0) is 13.3 Å². The standard InChI is InChI=1S/C9H10O4.H3N/c1-9(8(12)13)4-2-3-6(5-9)7(10)11;/h2-4H,5H2,1H3,(H,10,11)(H,12,13);1H3. The summed E-state index contributed by atoms with van der Waals surface area (Å²) in [6, 6.07) is 0. The van der Waals surface area contributed by atoms with Gasteiger partial charge in [0, 0.05) is 5.57 Å². The number of carboxylic acid groups (broad SMARTS) is 2. The van der Waals surface area contributed by atoms with Gasteiger partial charge in [0.1, 0.15) is 0 Å². The van der Waals surface area contributed by atoms with Crippen molar-refractivity contribution in [1.29, 1.82) is 0 Å². The molecule has 0 aromatic carbocycles. The highest BCUT2D eigenvalue weighted by Crippen LogP contribution is 2.31. The Balaban J connectivity index is 0.00000169. The minimum absolute atomic E-state index is 0. The summed E-state index contributed by atoms with van der Waals surface area (Å²) in [6.45, 7) is 1.50. The first-order valence-electron chi connectivity index (χ1n) is 3.81. The van der Waals surface area contributed by atoms with Crippen LogP contribution in [0.15, 0.2) is 23.8 Å². The lowest BCUT2D eigenvalue weighted by Gasteiger charge is -2.23. The van der Waals surface area contributed by atoms with E-state index in [1.165, 1.54) is 25.2 Å². The van der Waals surface area contributed by atoms with Crippen LogP contribution in [0.1, 0.15) is 13.3 Å². The molecule has 0 saturated carbocycles. The van der Waals surface area contributed by atoms with Crippen molar-refractivity contribution >= 4 is 11.9 Å². The lowest BCUT2D eigenvalue weighted by Crippen LogP contribution is -2.28. The Labute approximate surface area is 81.3 Å². The average molecular weight is 199 g/mol. The van der Waals surface area contributed by atoms with E-state index in [-0.39, 0.29) is 18.1 Å². The summed E-state index contributed by atoms with van der Waals surface area (Å²) in [4.78, 5) is 21.3. The zero-order chi connectivity index (χ0) is 10.1. The normalized spacial score (nSPS) is 24.8. The fourth-order valence-corrected chi connectivity index (χ4v) is 1.18. The van der Waals surface area contributed by atoms with Crippen molar-refractivity contribution in [1.82, 2.24) is 6.15 Å². The Hall–Kier alpha value is -1.62. The summed E-state index contributed by atoms with van der Waals surface area (Å²) in [6.07, 6.45) is 4.43. The molecule has 0 aromatic rings. The maximum absolute atomic E-state index is 10.8. The van der Waals surface area contributed by atoms with Crippen molar-refractivity contribution in [2.75, 3.05) is 0 Å². The van der Waals surface area contributed by atoms with Gasteiger partial charge in [-0.25, -0.2) is 4.79 Å². The minimum atomic E-state index is -1.08. The van der Waals surface area contributed by atoms with E-state index in [1.54, 1.807) is 0 Å². The van der Waals surface area contributed by atoms with E-state index in [9.17, 15) is 9.59 Å². The van der Waals surface area contributed by atoms with Crippen molar-refractivity contribution < 1.29 is 19.8 Å². The van der Waals surface area contributed by atoms with Gasteiger partial charge in [0.15, 0.2) is 0 Å². The molecular weight excluding hydrogens is 186 g/mol. The summed E-state index contributed by atoms with van der Waals surface area (Å²) in [5, 5.41) is 17.5. The summed E-state index contributed by atoms with van der Waals surface area (Å²) in [5.41, 5.74) is -0.949. The van der Waals surface area contributed by atoms with E-state index in [2.05, 4.69) is 0 Å². The maximum Gasteiger partial charge on any atom is 0.331 e. The number of hydrogen-bond acceptors (Lipinski definition) is 3. The lowest BCUT2D eigenvalue weighted by atomic mass is 9.80. The van der Waals surface area contributed by atoms with E-state index in [0.717, 1.165) is 0 Å². The second-order valence-electron chi connectivity index (χ2n) is 3.26. The molecule has 1 rings (SSSR count). The van der Waals surface area contributed by atoms with Crippen LogP contribution in [-0.2, 0) is 9.59 Å². The van der Waals surface area contributed by atoms with Gasteiger partial charge in [0.2, 0.25) is 0 Å². The largest absolute Gasteiger partial charge is 0.481 e. The molecule has 1 atom stereocenters. The van der Waals surface area contributed by atoms with Gasteiger partial charge in [0.25, 0.3) is 0 Å². The van der Waals surface area contributed by atoms with Gasteiger partial charge in [-0.2, -0.15) is 0 Å². The van der Waals surface area contributed by atoms with Crippen LogP contribution >= 0.6 is 0 Å². The second kappa shape index (κ2) is 4.06. The quantitative estimate of drug-likeness (QED) is 0.619. The molecule has 5 heteroatoms. The molecule has 1 aliphatic rings. The Kier molecular flexibility index (Phi) is 3.59. The fraction of sp³-hybridized carbons (Fsp3) is 0.333. The van der Waals surface area contributed by atoms with E-state index in [1.807, 2.05) is 0 Å². The number of carboxylic acids is 2. The highest BCUT2D eigenvalue weighted by molar-refractivity contribution is 5.90. The van der Waals surface area contributed by atoms with Crippen LogP contribution < -0.4 is 6.15 Å². The molecule has 1 aliphatic carbocycles. The summed E-state index contributed by atoms with van der Waals surface area (Å²) < 4.78 is 0. The van der Waals surface area contributed by atoms with Crippen molar-refractivity contribution in [3.05, 3.63) is 23.8 Å². The summed E-state index contributed by atoms with van der Waals surface area (Å²) >= 11 is 0. The van der Waals surface area contributed by atoms with Crippen molar-refractivity contribution in [3.8, 4) is 0 Å². The number of allylic oxidation sites excluding steroid dienone is 2. The molecule has 1 unspecified atom stereocenters. The van der Waals surface area contributed by atoms with Crippen LogP contribution in [0.3, 0.4) is 0 Å². The maximum atomic E-state index is 10.8. The fourth-order valence-electron chi connectivity index (χ4n) is 1.18. The lowest BCUT2D eigenvalue weighted by molar-refractivity contribution is -0.145. The van der Waals surface area contributed by atoms with E-state index in [4.69, 9.17) is 10.2 Å². The van der Waals surface area contributed by atoms with Gasteiger partial charge in [-0.3, -0.25) is 4.79 Å². The number of carbonyl (C=O) groups is 2. The molecule has 5 N–H and O–H groups in total. The second-order valence-corrected chi connectivity index (χ2v) is 3.26. The number of rotatable bonds is 2. The average Bonchev–Trinajstić information content (AvgIpc) is 2.04. The third-order valence-electron chi connectivity index (χ3n) is 2.08. The Morgan fingerprint density at radius 3 is 2.43 bits per heavy atom. The summed E-state index contributed by atoms with van der Waals surface area (Å²) in [7, 11) is 0. The van der Waals surface area contributed by atoms with Gasteiger partial charge in [-0.15, -0.1) is 0 Å². The molecule has 0 radical (unpaired) electrons. The summed E-state index contributed by atoms with van der Waals surface area (Å²) in [5.74, 6) is -2.06. The monoisotopic (exact) mass is 199 g/mol. The topological polar surface area (TPSA) is 110 Å². The van der Waals surface area contributed by atoms with Gasteiger partial charge >= 0.3 is 11.9 Å². The highest BCUT2D eigenvalue weighted by Gasteiger charge is 2.34. The van der Waals surface area contributed by atoms with Crippen LogP contribution in [0.4, 0.5) is 0 Å². The smallest absolute Gasteiger partial charge is 0.331 e. The molecule has 0 aromatic heterocycles. The van der Waals surface area contributed by atoms with Crippen LogP contribution in [0.2, 0.25) is 0 Å². The van der Waals surface area contributed by atoms with E-state index < -0.39 is 17.4 Å². The first-order valence-corrected chi connectivity index (χ1v) is 3.81. The van der Waals surface area contributed by atoms with Crippen LogP contribution in [-0.4, -0.2) is 22.2 Å². The SMILES string of the molecule is CC1(C(=O)O)C=CC=C(C(=O)O)C1.N. The molecule has 0 fully saturated rings. The minimum Gasteiger partial charge on any atom is -0.481 e. The molecule has 0 amide bonds. The van der Waals surface area contributed by atoms with Crippen LogP contribution in [0.25, 0.3) is 0 Å². The van der Waals surface area contributed by atoms with Gasteiger partial charge < -0.3 is 16.4 Å². The molecule has 0 saturated heterocycles. The van der Waals surface area contributed by atoms with Gasteiger partial charge in [-0.1, -0.05) is 18.2 Å². The molecule has 0 spiro atoms. The predicted octanol–water partition coefficient (Wildman–Crippen LogP) is 1.21. The molecule has 14 heavy (non-hydrogen) atoms. The first-order chi connectivity index (χ1) is 5.96. The molecule has 78 valence electrons. The van der Waals surface area contributed by atoms with Crippen molar-refractivity contribution in [2.45, 2.75) is 13.3 Å². The Bertz CT molecular complexity index is 319. The molecule has 0 aliphatic heterocycles. The zero-order valence-corrected chi connectivity index (χ0v) is 7.86.